The van der Waals surface area contributed by atoms with Gasteiger partial charge in [0.25, 0.3) is 5.91 Å². The Morgan fingerprint density at radius 2 is 1.90 bits per heavy atom. The van der Waals surface area contributed by atoms with Crippen molar-refractivity contribution in [2.75, 3.05) is 24.3 Å². The summed E-state index contributed by atoms with van der Waals surface area (Å²) in [6, 6.07) is 8.98. The van der Waals surface area contributed by atoms with Crippen LogP contribution < -0.4 is 26.0 Å². The summed E-state index contributed by atoms with van der Waals surface area (Å²) in [5.41, 5.74) is 2.40. The minimum absolute atomic E-state index is 0.0121. The second kappa shape index (κ2) is 11.6. The molecule has 200 valence electrons. The van der Waals surface area contributed by atoms with Gasteiger partial charge in [-0.15, -0.1) is 10.2 Å². The van der Waals surface area contributed by atoms with Crippen molar-refractivity contribution in [2.45, 2.75) is 31.5 Å². The van der Waals surface area contributed by atoms with E-state index in [1.807, 2.05) is 54.0 Å². The highest BCUT2D eigenvalue weighted by Gasteiger charge is 2.30. The van der Waals surface area contributed by atoms with Gasteiger partial charge in [0.2, 0.25) is 11.8 Å². The van der Waals surface area contributed by atoms with Crippen molar-refractivity contribution >= 4 is 58.5 Å². The van der Waals surface area contributed by atoms with Crippen molar-refractivity contribution in [1.29, 1.82) is 0 Å². The summed E-state index contributed by atoms with van der Waals surface area (Å²) in [4.78, 5) is 36.6. The van der Waals surface area contributed by atoms with Gasteiger partial charge in [0.1, 0.15) is 23.5 Å². The first-order valence-corrected chi connectivity index (χ1v) is 12.8. The number of para-hydroxylation sites is 1. The molecule has 0 spiro atoms. The van der Waals surface area contributed by atoms with Gasteiger partial charge in [-0.1, -0.05) is 6.07 Å². The lowest BCUT2D eigenvalue weighted by molar-refractivity contribution is -0.119. The van der Waals surface area contributed by atoms with Gasteiger partial charge in [0, 0.05) is 37.2 Å². The monoisotopic (exact) mass is 528 g/mol. The number of rotatable bonds is 11. The topological polar surface area (TPSA) is 152 Å². The normalized spacial score (nSPS) is 12.9. The number of benzene rings is 1. The highest BCUT2D eigenvalue weighted by molar-refractivity contribution is 6.60. The average molecular weight is 528 g/mol. The molecule has 3 amide bonds. The number of ether oxygens (including phenoxy) is 1. The van der Waals surface area contributed by atoms with Crippen LogP contribution in [0.3, 0.4) is 0 Å². The third-order valence-electron chi connectivity index (χ3n) is 5.82. The molecule has 1 aromatic carbocycles. The van der Waals surface area contributed by atoms with Gasteiger partial charge in [-0.05, 0) is 36.3 Å². The van der Waals surface area contributed by atoms with E-state index in [9.17, 15) is 14.4 Å². The van der Waals surface area contributed by atoms with Gasteiger partial charge in [-0.3, -0.25) is 19.1 Å². The molecule has 0 saturated heterocycles. The Bertz CT molecular complexity index is 1390. The fraction of sp³-hybridized carbons (Fsp3) is 0.333. The molecule has 0 bridgehead atoms. The minimum Gasteiger partial charge on any atom is -0.494 e. The highest BCUT2D eigenvalue weighted by Crippen LogP contribution is 2.38. The molecular formula is C24H31B3N8O4. The zero-order chi connectivity index (χ0) is 28.2. The molecule has 1 aliphatic rings. The number of carbonyl (C=O) groups excluding carboxylic acids is 3. The lowest BCUT2D eigenvalue weighted by atomic mass is 9.49. The van der Waals surface area contributed by atoms with E-state index in [-0.39, 0.29) is 29.2 Å². The Balaban J connectivity index is 1.65. The summed E-state index contributed by atoms with van der Waals surface area (Å²) in [6.45, 7) is 2.45. The Hall–Kier alpha value is -4.29. The SMILES string of the molecule is BC(B)(B)NC(=O)c1nnc(NC(=O)C2CC2)cc1Nc1cccc(-c2ccn(CCNC(C)=O)n2)c1OC. The Kier molecular flexibility index (Phi) is 8.27. The molecule has 12 nitrogen and oxygen atoms in total. The van der Waals surface area contributed by atoms with Gasteiger partial charge in [-0.2, -0.15) is 5.10 Å². The standard InChI is InChI=1S/C24H31B3N8O4/c1-13(36)28-9-11-35-10-8-16(34-35)15-4-3-5-17(21(15)39-2)29-18-12-19(30-22(37)14-6-7-14)32-33-20(18)23(38)31-24(25,26)27/h3-5,8,10,12,14H,6-7,9,11,25-27H2,1-2H3,(H,28,36)(H,31,38)(H2,29,30,32,37). The van der Waals surface area contributed by atoms with Crippen LogP contribution in [0.2, 0.25) is 0 Å². The molecule has 2 heterocycles. The van der Waals surface area contributed by atoms with Crippen molar-refractivity contribution in [1.82, 2.24) is 30.6 Å². The van der Waals surface area contributed by atoms with Gasteiger partial charge >= 0.3 is 0 Å². The Morgan fingerprint density at radius 1 is 1.13 bits per heavy atom. The fourth-order valence-electron chi connectivity index (χ4n) is 3.87. The summed E-state index contributed by atoms with van der Waals surface area (Å²) in [5, 5.41) is 24.0. The van der Waals surface area contributed by atoms with Crippen molar-refractivity contribution in [3.63, 3.8) is 0 Å². The first-order chi connectivity index (χ1) is 18.5. The number of aromatic nitrogens is 4. The lowest BCUT2D eigenvalue weighted by Crippen LogP contribution is -2.50. The zero-order valence-electron chi connectivity index (χ0n) is 22.8. The quantitative estimate of drug-likeness (QED) is 0.227. The first-order valence-electron chi connectivity index (χ1n) is 12.8. The van der Waals surface area contributed by atoms with Crippen LogP contribution >= 0.6 is 0 Å². The van der Waals surface area contributed by atoms with Crippen LogP contribution in [0.5, 0.6) is 5.75 Å². The third kappa shape index (κ3) is 7.40. The van der Waals surface area contributed by atoms with E-state index in [2.05, 4.69) is 36.6 Å². The molecule has 15 heteroatoms. The molecule has 2 aromatic heterocycles. The lowest BCUT2D eigenvalue weighted by Gasteiger charge is -2.22. The highest BCUT2D eigenvalue weighted by atomic mass is 16.5. The molecule has 0 aliphatic heterocycles. The number of hydrogen-bond acceptors (Lipinski definition) is 8. The molecular weight excluding hydrogens is 497 g/mol. The average Bonchev–Trinajstić information content (AvgIpc) is 3.61. The van der Waals surface area contributed by atoms with Crippen molar-refractivity contribution in [3.05, 3.63) is 42.2 Å². The third-order valence-corrected chi connectivity index (χ3v) is 5.82. The van der Waals surface area contributed by atoms with Crippen LogP contribution in [-0.2, 0) is 16.1 Å². The van der Waals surface area contributed by atoms with Gasteiger partial charge < -0.3 is 26.0 Å². The van der Waals surface area contributed by atoms with Crippen molar-refractivity contribution < 1.29 is 19.1 Å². The number of nitrogens with one attached hydrogen (secondary N) is 4. The maximum absolute atomic E-state index is 13.1. The molecule has 1 fully saturated rings. The van der Waals surface area contributed by atoms with E-state index in [1.165, 1.54) is 6.92 Å². The molecule has 4 rings (SSSR count). The summed E-state index contributed by atoms with van der Waals surface area (Å²) in [5.74, 6) is 0.115. The van der Waals surface area contributed by atoms with Crippen LogP contribution in [-0.4, -0.2) is 80.1 Å². The second-order valence-electron chi connectivity index (χ2n) is 10.4. The number of hydrogen-bond donors (Lipinski definition) is 4. The molecule has 0 atom stereocenters. The largest absolute Gasteiger partial charge is 0.494 e. The first kappa shape index (κ1) is 27.7. The van der Waals surface area contributed by atoms with Crippen LogP contribution in [0, 0.1) is 5.92 Å². The van der Waals surface area contributed by atoms with Crippen LogP contribution in [0.15, 0.2) is 36.5 Å². The smallest absolute Gasteiger partial charge is 0.272 e. The number of anilines is 3. The fourth-order valence-corrected chi connectivity index (χ4v) is 3.87. The molecule has 0 unspecified atom stereocenters. The summed E-state index contributed by atoms with van der Waals surface area (Å²) >= 11 is 0. The van der Waals surface area contributed by atoms with E-state index in [4.69, 9.17) is 4.74 Å². The predicted molar refractivity (Wildman–Crippen MR) is 155 cm³/mol. The van der Waals surface area contributed by atoms with Crippen LogP contribution in [0.25, 0.3) is 11.3 Å². The second-order valence-corrected chi connectivity index (χ2v) is 10.4. The van der Waals surface area contributed by atoms with Gasteiger partial charge in [-0.25, -0.2) is 0 Å². The van der Waals surface area contributed by atoms with E-state index in [0.717, 1.165) is 18.4 Å². The zero-order valence-corrected chi connectivity index (χ0v) is 22.8. The number of amides is 3. The van der Waals surface area contributed by atoms with E-state index < -0.39 is 11.1 Å². The summed E-state index contributed by atoms with van der Waals surface area (Å²) in [6.07, 6.45) is 3.53. The molecule has 1 aliphatic carbocycles. The maximum atomic E-state index is 13.1. The molecule has 39 heavy (non-hydrogen) atoms. The van der Waals surface area contributed by atoms with E-state index in [0.29, 0.717) is 35.9 Å². The Labute approximate surface area is 229 Å². The van der Waals surface area contributed by atoms with Crippen LogP contribution in [0.4, 0.5) is 17.2 Å². The maximum Gasteiger partial charge on any atom is 0.272 e. The van der Waals surface area contributed by atoms with Crippen LogP contribution in [0.1, 0.15) is 30.3 Å². The number of carbonyl (C=O) groups is 3. The Morgan fingerprint density at radius 3 is 2.56 bits per heavy atom. The van der Waals surface area contributed by atoms with E-state index in [1.54, 1.807) is 17.9 Å². The van der Waals surface area contributed by atoms with Crippen molar-refractivity contribution in [2.24, 2.45) is 5.92 Å². The van der Waals surface area contributed by atoms with E-state index >= 15 is 0 Å². The molecule has 4 N–H and O–H groups in total. The van der Waals surface area contributed by atoms with Gasteiger partial charge in [0.15, 0.2) is 17.3 Å². The number of methoxy groups -OCH3 is 1. The molecule has 3 aromatic rings. The minimum atomic E-state index is -0.495. The predicted octanol–water partition coefficient (Wildman–Crippen LogP) is -1.18. The summed E-state index contributed by atoms with van der Waals surface area (Å²) < 4.78 is 7.50. The van der Waals surface area contributed by atoms with Crippen molar-refractivity contribution in [3.8, 4) is 17.0 Å². The summed E-state index contributed by atoms with van der Waals surface area (Å²) in [7, 11) is 7.17. The molecule has 0 radical (unpaired) electrons. The number of nitrogens with zero attached hydrogens (tertiary/aromatic N) is 4. The molecule has 1 saturated carbocycles. The van der Waals surface area contributed by atoms with Gasteiger partial charge in [0.05, 0.1) is 30.7 Å².